The first-order chi connectivity index (χ1) is 9.27. The lowest BCUT2D eigenvalue weighted by atomic mass is 10.00. The van der Waals surface area contributed by atoms with Gasteiger partial charge in [0.25, 0.3) is 0 Å². The molecular weight excluding hydrogens is 270 g/mol. The molecule has 0 spiro atoms. The lowest BCUT2D eigenvalue weighted by Crippen LogP contribution is -2.41. The summed E-state index contributed by atoms with van der Waals surface area (Å²) in [6.45, 7) is 12.7. The summed E-state index contributed by atoms with van der Waals surface area (Å²) < 4.78 is 0. The van der Waals surface area contributed by atoms with Crippen molar-refractivity contribution in [1.82, 2.24) is 10.3 Å². The van der Waals surface area contributed by atoms with Gasteiger partial charge < -0.3 is 10.2 Å². The van der Waals surface area contributed by atoms with Gasteiger partial charge in [-0.25, -0.2) is 4.98 Å². The smallest absolute Gasteiger partial charge is 0.129 e. The Bertz CT molecular complexity index is 430. The molecule has 1 aromatic heterocycles. The van der Waals surface area contributed by atoms with Gasteiger partial charge in [0.05, 0.1) is 10.7 Å². The lowest BCUT2D eigenvalue weighted by molar-refractivity contribution is 0.466. The molecule has 0 aliphatic carbocycles. The van der Waals surface area contributed by atoms with E-state index in [1.807, 2.05) is 12.1 Å². The van der Waals surface area contributed by atoms with Crippen molar-refractivity contribution in [3.63, 3.8) is 0 Å². The zero-order valence-corrected chi connectivity index (χ0v) is 14.4. The average Bonchev–Trinajstić information content (AvgIpc) is 2.39. The number of aromatic nitrogens is 1. The van der Waals surface area contributed by atoms with Gasteiger partial charge >= 0.3 is 0 Å². The van der Waals surface area contributed by atoms with Crippen LogP contribution in [0.3, 0.4) is 0 Å². The summed E-state index contributed by atoms with van der Waals surface area (Å²) in [5.41, 5.74) is 1.01. The standard InChI is InChI=1S/C16H28ClN3/c1-7-16(4,5)20(6)15-9-8-13(17)14(19-15)11-18-10-12(2)3/h8-9,12,18H,7,10-11H2,1-6H3. The molecule has 0 saturated carbocycles. The molecule has 0 aliphatic rings. The predicted molar refractivity (Wildman–Crippen MR) is 88.6 cm³/mol. The van der Waals surface area contributed by atoms with Gasteiger partial charge in [0.15, 0.2) is 0 Å². The van der Waals surface area contributed by atoms with Crippen molar-refractivity contribution in [2.45, 2.75) is 53.1 Å². The van der Waals surface area contributed by atoms with Crippen molar-refractivity contribution in [3.05, 3.63) is 22.8 Å². The normalized spacial score (nSPS) is 12.0. The summed E-state index contributed by atoms with van der Waals surface area (Å²) in [5, 5.41) is 4.12. The van der Waals surface area contributed by atoms with Gasteiger partial charge in [-0.1, -0.05) is 32.4 Å². The molecule has 20 heavy (non-hydrogen) atoms. The van der Waals surface area contributed by atoms with Crippen LogP contribution < -0.4 is 10.2 Å². The molecule has 3 nitrogen and oxygen atoms in total. The van der Waals surface area contributed by atoms with Crippen LogP contribution in [0.25, 0.3) is 0 Å². The second kappa shape index (κ2) is 7.28. The minimum absolute atomic E-state index is 0.0868. The Morgan fingerprint density at radius 2 is 2.00 bits per heavy atom. The van der Waals surface area contributed by atoms with E-state index < -0.39 is 0 Å². The van der Waals surface area contributed by atoms with Crippen LogP contribution >= 0.6 is 11.6 Å². The number of halogens is 1. The molecule has 0 radical (unpaired) electrons. The molecule has 0 aromatic carbocycles. The fraction of sp³-hybridized carbons (Fsp3) is 0.688. The quantitative estimate of drug-likeness (QED) is 0.821. The van der Waals surface area contributed by atoms with Gasteiger partial charge in [-0.15, -0.1) is 0 Å². The summed E-state index contributed by atoms with van der Waals surface area (Å²) in [6.07, 6.45) is 1.06. The molecule has 1 rings (SSSR count). The van der Waals surface area contributed by atoms with Crippen LogP contribution in [0.5, 0.6) is 0 Å². The minimum atomic E-state index is 0.0868. The maximum Gasteiger partial charge on any atom is 0.129 e. The average molecular weight is 298 g/mol. The van der Waals surface area contributed by atoms with Gasteiger partial charge in [-0.2, -0.15) is 0 Å². The zero-order valence-electron chi connectivity index (χ0n) is 13.6. The number of nitrogens with zero attached hydrogens (tertiary/aromatic N) is 2. The maximum absolute atomic E-state index is 6.24. The lowest BCUT2D eigenvalue weighted by Gasteiger charge is -2.36. The topological polar surface area (TPSA) is 28.2 Å². The third-order valence-corrected chi connectivity index (χ3v) is 4.21. The van der Waals surface area contributed by atoms with Crippen LogP contribution in [-0.2, 0) is 6.54 Å². The van der Waals surface area contributed by atoms with E-state index in [1.165, 1.54) is 0 Å². The highest BCUT2D eigenvalue weighted by molar-refractivity contribution is 6.31. The van der Waals surface area contributed by atoms with E-state index in [1.54, 1.807) is 0 Å². The molecule has 0 atom stereocenters. The fourth-order valence-corrected chi connectivity index (χ4v) is 1.98. The summed E-state index contributed by atoms with van der Waals surface area (Å²) in [6, 6.07) is 3.93. The number of nitrogens with one attached hydrogen (secondary N) is 1. The van der Waals surface area contributed by atoms with Crippen molar-refractivity contribution >= 4 is 17.4 Å². The second-order valence-corrected chi connectivity index (χ2v) is 6.75. The van der Waals surface area contributed by atoms with E-state index in [0.717, 1.165) is 29.5 Å². The summed E-state index contributed by atoms with van der Waals surface area (Å²) in [5.74, 6) is 1.60. The van der Waals surface area contributed by atoms with E-state index in [0.29, 0.717) is 12.5 Å². The largest absolute Gasteiger partial charge is 0.355 e. The SMILES string of the molecule is CCC(C)(C)N(C)c1ccc(Cl)c(CNCC(C)C)n1. The van der Waals surface area contributed by atoms with Crippen molar-refractivity contribution in [3.8, 4) is 0 Å². The van der Waals surface area contributed by atoms with E-state index in [4.69, 9.17) is 16.6 Å². The first kappa shape index (κ1) is 17.3. The Hall–Kier alpha value is -0.800. The molecule has 0 unspecified atom stereocenters. The van der Waals surface area contributed by atoms with Gasteiger partial charge in [-0.3, -0.25) is 0 Å². The van der Waals surface area contributed by atoms with E-state index in [-0.39, 0.29) is 5.54 Å². The summed E-state index contributed by atoms with van der Waals surface area (Å²) in [7, 11) is 2.09. The molecule has 0 bridgehead atoms. The molecule has 1 aromatic rings. The monoisotopic (exact) mass is 297 g/mol. The molecule has 0 aliphatic heterocycles. The van der Waals surface area contributed by atoms with Crippen molar-refractivity contribution in [2.24, 2.45) is 5.92 Å². The molecular formula is C16H28ClN3. The summed E-state index contributed by atoms with van der Waals surface area (Å²) in [4.78, 5) is 6.93. The van der Waals surface area contributed by atoms with Gasteiger partial charge in [0.2, 0.25) is 0 Å². The van der Waals surface area contributed by atoms with Crippen molar-refractivity contribution in [1.29, 1.82) is 0 Å². The first-order valence-corrected chi connectivity index (χ1v) is 7.75. The highest BCUT2D eigenvalue weighted by Gasteiger charge is 2.22. The number of rotatable bonds is 7. The zero-order chi connectivity index (χ0) is 15.3. The number of hydrogen-bond acceptors (Lipinski definition) is 3. The minimum Gasteiger partial charge on any atom is -0.355 e. The molecule has 0 fully saturated rings. The Labute approximate surface area is 128 Å². The van der Waals surface area contributed by atoms with E-state index in [2.05, 4.69) is 51.9 Å². The molecule has 0 saturated heterocycles. The van der Waals surface area contributed by atoms with Crippen LogP contribution in [0.4, 0.5) is 5.82 Å². The van der Waals surface area contributed by atoms with Crippen molar-refractivity contribution in [2.75, 3.05) is 18.5 Å². The molecule has 4 heteroatoms. The van der Waals surface area contributed by atoms with Crippen LogP contribution in [-0.4, -0.2) is 24.1 Å². The Balaban J connectivity index is 2.85. The van der Waals surface area contributed by atoms with Crippen LogP contribution in [0, 0.1) is 5.92 Å². The Morgan fingerprint density at radius 1 is 1.35 bits per heavy atom. The van der Waals surface area contributed by atoms with E-state index >= 15 is 0 Å². The van der Waals surface area contributed by atoms with E-state index in [9.17, 15) is 0 Å². The van der Waals surface area contributed by atoms with Crippen LogP contribution in [0.1, 0.15) is 46.7 Å². The predicted octanol–water partition coefficient (Wildman–Crippen LogP) is 4.11. The van der Waals surface area contributed by atoms with Gasteiger partial charge in [0.1, 0.15) is 5.82 Å². The maximum atomic E-state index is 6.24. The first-order valence-electron chi connectivity index (χ1n) is 7.38. The fourth-order valence-electron chi connectivity index (χ4n) is 1.81. The summed E-state index contributed by atoms with van der Waals surface area (Å²) >= 11 is 6.24. The van der Waals surface area contributed by atoms with Crippen molar-refractivity contribution < 1.29 is 0 Å². The highest BCUT2D eigenvalue weighted by Crippen LogP contribution is 2.25. The third kappa shape index (κ3) is 4.64. The number of anilines is 1. The van der Waals surface area contributed by atoms with Gasteiger partial charge in [0, 0.05) is 19.1 Å². The highest BCUT2D eigenvalue weighted by atomic mass is 35.5. The van der Waals surface area contributed by atoms with Gasteiger partial charge in [-0.05, 0) is 44.9 Å². The third-order valence-electron chi connectivity index (χ3n) is 3.87. The molecule has 1 N–H and O–H groups in total. The van der Waals surface area contributed by atoms with Crippen LogP contribution in [0.15, 0.2) is 12.1 Å². The molecule has 0 amide bonds. The Kier molecular flexibility index (Phi) is 6.28. The number of pyridine rings is 1. The second-order valence-electron chi connectivity index (χ2n) is 6.35. The molecule has 114 valence electrons. The molecule has 1 heterocycles. The van der Waals surface area contributed by atoms with Crippen LogP contribution in [0.2, 0.25) is 5.02 Å². The number of hydrogen-bond donors (Lipinski definition) is 1. The Morgan fingerprint density at radius 3 is 2.55 bits per heavy atom.